The normalized spacial score (nSPS) is 20.4. The molecule has 1 aliphatic heterocycles. The van der Waals surface area contributed by atoms with Gasteiger partial charge < -0.3 is 5.73 Å². The molecule has 1 aromatic rings. The number of hydrogen-bond donors (Lipinski definition) is 1. The average Bonchev–Trinajstić information content (AvgIpc) is 2.85. The van der Waals surface area contributed by atoms with Crippen molar-refractivity contribution in [1.29, 1.82) is 0 Å². The number of nitrogens with zero attached hydrogens (tertiary/aromatic N) is 1. The zero-order chi connectivity index (χ0) is 13.4. The van der Waals surface area contributed by atoms with Gasteiger partial charge in [0.2, 0.25) is 0 Å². The van der Waals surface area contributed by atoms with Gasteiger partial charge in [-0.1, -0.05) is 0 Å². The van der Waals surface area contributed by atoms with Crippen LogP contribution in [0.15, 0.2) is 16.3 Å². The molecular weight excluding hydrogens is 268 g/mol. The fourth-order valence-corrected chi connectivity index (χ4v) is 5.74. The molecule has 0 unspecified atom stereocenters. The molecule has 0 radical (unpaired) electrons. The second-order valence-corrected chi connectivity index (χ2v) is 8.51. The maximum Gasteiger partial charge on any atom is 0.253 e. The first-order chi connectivity index (χ1) is 8.38. The van der Waals surface area contributed by atoms with E-state index in [-0.39, 0.29) is 5.54 Å². The lowest BCUT2D eigenvalue weighted by Gasteiger charge is -2.29. The van der Waals surface area contributed by atoms with Crippen LogP contribution < -0.4 is 5.73 Å². The molecule has 0 saturated carbocycles. The van der Waals surface area contributed by atoms with Crippen LogP contribution in [0.2, 0.25) is 0 Å². The van der Waals surface area contributed by atoms with E-state index < -0.39 is 10.0 Å². The summed E-state index contributed by atoms with van der Waals surface area (Å²) < 4.78 is 27.2. The van der Waals surface area contributed by atoms with Gasteiger partial charge in [0.15, 0.2) is 0 Å². The second kappa shape index (κ2) is 4.92. The SMILES string of the molecule is CC1(C)CCCN1S(=O)(=O)c1ccc(CCN)s1. The van der Waals surface area contributed by atoms with E-state index in [4.69, 9.17) is 5.73 Å². The van der Waals surface area contributed by atoms with Crippen LogP contribution in [0.25, 0.3) is 0 Å². The molecule has 0 spiro atoms. The van der Waals surface area contributed by atoms with Gasteiger partial charge in [0, 0.05) is 17.0 Å². The van der Waals surface area contributed by atoms with Crippen LogP contribution in [0.3, 0.4) is 0 Å². The highest BCUT2D eigenvalue weighted by atomic mass is 32.2. The topological polar surface area (TPSA) is 63.4 Å². The minimum Gasteiger partial charge on any atom is -0.330 e. The number of nitrogens with two attached hydrogens (primary N) is 1. The zero-order valence-corrected chi connectivity index (χ0v) is 12.5. The van der Waals surface area contributed by atoms with Gasteiger partial charge in [-0.05, 0) is 51.8 Å². The molecule has 0 aromatic carbocycles. The van der Waals surface area contributed by atoms with E-state index in [0.29, 0.717) is 17.3 Å². The summed E-state index contributed by atoms with van der Waals surface area (Å²) in [7, 11) is -3.33. The summed E-state index contributed by atoms with van der Waals surface area (Å²) in [4.78, 5) is 1.04. The molecule has 18 heavy (non-hydrogen) atoms. The molecule has 1 saturated heterocycles. The Kier molecular flexibility index (Phi) is 3.82. The summed E-state index contributed by atoms with van der Waals surface area (Å²) in [5.41, 5.74) is 5.22. The molecule has 0 aliphatic carbocycles. The minimum absolute atomic E-state index is 0.267. The van der Waals surface area contributed by atoms with Crippen LogP contribution in [0.4, 0.5) is 0 Å². The van der Waals surface area contributed by atoms with Crippen molar-refractivity contribution in [2.75, 3.05) is 13.1 Å². The van der Waals surface area contributed by atoms with Gasteiger partial charge in [0.1, 0.15) is 4.21 Å². The Labute approximate surface area is 113 Å². The molecular formula is C12H20N2O2S2. The van der Waals surface area contributed by atoms with Crippen molar-refractivity contribution in [1.82, 2.24) is 4.31 Å². The minimum atomic E-state index is -3.33. The average molecular weight is 288 g/mol. The van der Waals surface area contributed by atoms with E-state index in [9.17, 15) is 8.42 Å². The van der Waals surface area contributed by atoms with Gasteiger partial charge in [0.05, 0.1) is 0 Å². The largest absolute Gasteiger partial charge is 0.330 e. The van der Waals surface area contributed by atoms with Crippen molar-refractivity contribution in [2.45, 2.75) is 42.9 Å². The molecule has 2 heterocycles. The second-order valence-electron chi connectivity index (χ2n) is 5.25. The van der Waals surface area contributed by atoms with Crippen LogP contribution in [-0.2, 0) is 16.4 Å². The van der Waals surface area contributed by atoms with E-state index in [1.54, 1.807) is 10.4 Å². The number of hydrogen-bond acceptors (Lipinski definition) is 4. The van der Waals surface area contributed by atoms with Crippen LogP contribution in [0, 0.1) is 0 Å². The summed E-state index contributed by atoms with van der Waals surface area (Å²) >= 11 is 1.34. The molecule has 2 rings (SSSR count). The Bertz CT molecular complexity index is 520. The molecule has 1 aliphatic rings. The van der Waals surface area contributed by atoms with Crippen molar-refractivity contribution < 1.29 is 8.42 Å². The van der Waals surface area contributed by atoms with E-state index in [1.807, 2.05) is 19.9 Å². The Morgan fingerprint density at radius 2 is 2.17 bits per heavy atom. The summed E-state index contributed by atoms with van der Waals surface area (Å²) in [5.74, 6) is 0. The molecule has 0 atom stereocenters. The fourth-order valence-electron chi connectivity index (χ4n) is 2.41. The van der Waals surface area contributed by atoms with E-state index in [2.05, 4.69) is 0 Å². The first kappa shape index (κ1) is 14.0. The highest BCUT2D eigenvalue weighted by Crippen LogP contribution is 2.35. The lowest BCUT2D eigenvalue weighted by atomic mass is 10.0. The first-order valence-electron chi connectivity index (χ1n) is 6.19. The Morgan fingerprint density at radius 3 is 2.72 bits per heavy atom. The van der Waals surface area contributed by atoms with E-state index in [0.717, 1.165) is 24.1 Å². The molecule has 102 valence electrons. The summed E-state index contributed by atoms with van der Waals surface area (Å²) in [5, 5.41) is 0. The highest BCUT2D eigenvalue weighted by Gasteiger charge is 2.41. The number of sulfonamides is 1. The van der Waals surface area contributed by atoms with E-state index >= 15 is 0 Å². The van der Waals surface area contributed by atoms with Gasteiger partial charge in [-0.2, -0.15) is 4.31 Å². The number of rotatable bonds is 4. The van der Waals surface area contributed by atoms with Crippen molar-refractivity contribution in [2.24, 2.45) is 5.73 Å². The predicted octanol–water partition coefficient (Wildman–Crippen LogP) is 1.81. The van der Waals surface area contributed by atoms with Crippen LogP contribution in [0.5, 0.6) is 0 Å². The lowest BCUT2D eigenvalue weighted by Crippen LogP contribution is -2.42. The van der Waals surface area contributed by atoms with Gasteiger partial charge in [-0.3, -0.25) is 0 Å². The van der Waals surface area contributed by atoms with Gasteiger partial charge in [-0.15, -0.1) is 11.3 Å². The highest BCUT2D eigenvalue weighted by molar-refractivity contribution is 7.91. The molecule has 2 N–H and O–H groups in total. The summed E-state index contributed by atoms with van der Waals surface area (Å²) in [6.45, 7) is 5.16. The maximum atomic E-state index is 12.6. The van der Waals surface area contributed by atoms with Gasteiger partial charge in [-0.25, -0.2) is 8.42 Å². The number of thiophene rings is 1. The van der Waals surface area contributed by atoms with Crippen molar-refractivity contribution in [3.63, 3.8) is 0 Å². The first-order valence-corrected chi connectivity index (χ1v) is 8.45. The molecule has 0 bridgehead atoms. The monoisotopic (exact) mass is 288 g/mol. The lowest BCUT2D eigenvalue weighted by molar-refractivity contribution is 0.292. The van der Waals surface area contributed by atoms with Crippen molar-refractivity contribution in [3.8, 4) is 0 Å². The quantitative estimate of drug-likeness (QED) is 0.919. The summed E-state index contributed by atoms with van der Waals surface area (Å²) in [6, 6.07) is 3.58. The summed E-state index contributed by atoms with van der Waals surface area (Å²) in [6.07, 6.45) is 2.60. The van der Waals surface area contributed by atoms with Gasteiger partial charge >= 0.3 is 0 Å². The van der Waals surface area contributed by atoms with Crippen LogP contribution >= 0.6 is 11.3 Å². The standard InChI is InChI=1S/C12H20N2O2S2/c1-12(2)7-3-9-14(12)18(15,16)11-5-4-10(17-11)6-8-13/h4-5H,3,6-9,13H2,1-2H3. The molecule has 1 fully saturated rings. The zero-order valence-electron chi connectivity index (χ0n) is 10.8. The molecule has 4 nitrogen and oxygen atoms in total. The molecule has 6 heteroatoms. The Hall–Kier alpha value is -0.430. The van der Waals surface area contributed by atoms with Crippen LogP contribution in [-0.4, -0.2) is 31.4 Å². The maximum absolute atomic E-state index is 12.6. The third-order valence-electron chi connectivity index (χ3n) is 3.40. The van der Waals surface area contributed by atoms with E-state index in [1.165, 1.54) is 11.3 Å². The van der Waals surface area contributed by atoms with Crippen LogP contribution in [0.1, 0.15) is 31.6 Å². The molecule has 0 amide bonds. The van der Waals surface area contributed by atoms with Crippen molar-refractivity contribution >= 4 is 21.4 Å². The van der Waals surface area contributed by atoms with Crippen molar-refractivity contribution in [3.05, 3.63) is 17.0 Å². The van der Waals surface area contributed by atoms with Gasteiger partial charge in [0.25, 0.3) is 10.0 Å². The third kappa shape index (κ3) is 2.47. The Morgan fingerprint density at radius 1 is 1.44 bits per heavy atom. The third-order valence-corrected chi connectivity index (χ3v) is 7.12. The predicted molar refractivity (Wildman–Crippen MR) is 74.3 cm³/mol. The Balaban J connectivity index is 2.30. The molecule has 1 aromatic heterocycles. The fraction of sp³-hybridized carbons (Fsp3) is 0.667. The smallest absolute Gasteiger partial charge is 0.253 e.